The molecule has 0 radical (unpaired) electrons. The highest BCUT2D eigenvalue weighted by atomic mass is 16.2. The van der Waals surface area contributed by atoms with E-state index in [2.05, 4.69) is 10.9 Å². The van der Waals surface area contributed by atoms with Crippen LogP contribution in [0.4, 0.5) is 5.69 Å². The van der Waals surface area contributed by atoms with Gasteiger partial charge in [0.05, 0.1) is 11.2 Å². The number of pyridine rings is 1. The summed E-state index contributed by atoms with van der Waals surface area (Å²) in [5.74, 6) is 2.78. The number of aromatic nitrogens is 1. The molecule has 3 rings (SSSR count). The number of benzene rings is 1. The number of carbonyl (C=O) groups excluding carboxylic acids is 1. The third-order valence-corrected chi connectivity index (χ3v) is 3.60. The molecule has 3 heteroatoms. The third kappa shape index (κ3) is 1.86. The highest BCUT2D eigenvalue weighted by Gasteiger charge is 2.30. The topological polar surface area (TPSA) is 33.2 Å². The number of rotatable bonds is 1. The fourth-order valence-corrected chi connectivity index (χ4v) is 2.59. The number of fused-ring (bicyclic) bond motifs is 1. The van der Waals surface area contributed by atoms with Crippen LogP contribution in [0.1, 0.15) is 12.0 Å². The molecule has 3 nitrogen and oxygen atoms in total. The quantitative estimate of drug-likeness (QED) is 0.729. The molecule has 1 aromatic carbocycles. The highest BCUT2D eigenvalue weighted by molar-refractivity contribution is 6.04. The van der Waals surface area contributed by atoms with Gasteiger partial charge in [-0.05, 0) is 30.7 Å². The average molecular weight is 250 g/mol. The Kier molecular flexibility index (Phi) is 2.72. The largest absolute Gasteiger partial charge is 0.310 e. The van der Waals surface area contributed by atoms with Crippen LogP contribution in [0.2, 0.25) is 0 Å². The second-order valence-electron chi connectivity index (χ2n) is 4.87. The minimum atomic E-state index is 0.0144. The normalized spacial score (nSPS) is 18.8. The molecule has 19 heavy (non-hydrogen) atoms. The third-order valence-electron chi connectivity index (χ3n) is 3.60. The Bertz CT molecular complexity index is 699. The summed E-state index contributed by atoms with van der Waals surface area (Å²) < 4.78 is 0. The van der Waals surface area contributed by atoms with Crippen molar-refractivity contribution in [3.63, 3.8) is 0 Å². The van der Waals surface area contributed by atoms with Crippen molar-refractivity contribution in [1.29, 1.82) is 0 Å². The van der Waals surface area contributed by atoms with Crippen LogP contribution in [-0.4, -0.2) is 17.4 Å². The average Bonchev–Trinajstić information content (AvgIpc) is 2.81. The van der Waals surface area contributed by atoms with Gasteiger partial charge >= 0.3 is 0 Å². The second-order valence-corrected chi connectivity index (χ2v) is 4.87. The summed E-state index contributed by atoms with van der Waals surface area (Å²) in [7, 11) is 0. The number of hydrogen-bond acceptors (Lipinski definition) is 2. The summed E-state index contributed by atoms with van der Waals surface area (Å²) in [5, 5.41) is 1.01. The number of hydrogen-bond donors (Lipinski definition) is 0. The van der Waals surface area contributed by atoms with E-state index in [0.717, 1.165) is 22.2 Å². The molecule has 1 fully saturated rings. The fourth-order valence-electron chi connectivity index (χ4n) is 2.59. The molecule has 1 saturated heterocycles. The van der Waals surface area contributed by atoms with Crippen LogP contribution in [0.25, 0.3) is 10.9 Å². The van der Waals surface area contributed by atoms with Gasteiger partial charge in [0.15, 0.2) is 0 Å². The van der Waals surface area contributed by atoms with Crippen molar-refractivity contribution in [2.75, 3.05) is 11.4 Å². The van der Waals surface area contributed by atoms with Crippen LogP contribution in [0.3, 0.4) is 0 Å². The van der Waals surface area contributed by atoms with Gasteiger partial charge in [-0.15, -0.1) is 12.3 Å². The van der Waals surface area contributed by atoms with Crippen LogP contribution in [0.15, 0.2) is 30.5 Å². The lowest BCUT2D eigenvalue weighted by Gasteiger charge is -2.18. The van der Waals surface area contributed by atoms with Crippen molar-refractivity contribution in [3.05, 3.63) is 36.0 Å². The van der Waals surface area contributed by atoms with Crippen LogP contribution in [0.5, 0.6) is 0 Å². The number of aryl methyl sites for hydroxylation is 1. The van der Waals surface area contributed by atoms with Crippen molar-refractivity contribution >= 4 is 22.5 Å². The van der Waals surface area contributed by atoms with Crippen molar-refractivity contribution < 1.29 is 4.79 Å². The molecule has 0 N–H and O–H groups in total. The van der Waals surface area contributed by atoms with E-state index >= 15 is 0 Å². The first-order chi connectivity index (χ1) is 9.20. The minimum absolute atomic E-state index is 0.0144. The molecule has 2 heterocycles. The van der Waals surface area contributed by atoms with Crippen molar-refractivity contribution in [1.82, 2.24) is 4.98 Å². The predicted octanol–water partition coefficient (Wildman–Crippen LogP) is 2.53. The first-order valence-corrected chi connectivity index (χ1v) is 6.31. The van der Waals surface area contributed by atoms with Gasteiger partial charge in [-0.25, -0.2) is 0 Å². The smallest absolute Gasteiger partial charge is 0.228 e. The van der Waals surface area contributed by atoms with Gasteiger partial charge in [-0.1, -0.05) is 6.07 Å². The van der Waals surface area contributed by atoms with Crippen molar-refractivity contribution in [2.45, 2.75) is 13.3 Å². The van der Waals surface area contributed by atoms with E-state index in [1.165, 1.54) is 0 Å². The second kappa shape index (κ2) is 4.40. The number of terminal acetylenes is 1. The number of anilines is 1. The molecule has 1 unspecified atom stereocenters. The maximum absolute atomic E-state index is 12.1. The zero-order chi connectivity index (χ0) is 13.4. The molecule has 1 atom stereocenters. The van der Waals surface area contributed by atoms with Gasteiger partial charge in [0.1, 0.15) is 0 Å². The van der Waals surface area contributed by atoms with Crippen LogP contribution >= 0.6 is 0 Å². The van der Waals surface area contributed by atoms with Gasteiger partial charge in [0.25, 0.3) is 0 Å². The fraction of sp³-hybridized carbons (Fsp3) is 0.250. The highest BCUT2D eigenvalue weighted by Crippen LogP contribution is 2.32. The molecule has 1 aromatic heterocycles. The Morgan fingerprint density at radius 1 is 1.42 bits per heavy atom. The first kappa shape index (κ1) is 11.7. The number of carbonyl (C=O) groups is 1. The van der Waals surface area contributed by atoms with Crippen LogP contribution in [0, 0.1) is 25.2 Å². The van der Waals surface area contributed by atoms with E-state index in [9.17, 15) is 4.79 Å². The van der Waals surface area contributed by atoms with Gasteiger partial charge in [-0.2, -0.15) is 0 Å². The van der Waals surface area contributed by atoms with Crippen LogP contribution in [-0.2, 0) is 4.79 Å². The Labute approximate surface area is 112 Å². The summed E-state index contributed by atoms with van der Waals surface area (Å²) in [6, 6.07) is 7.88. The van der Waals surface area contributed by atoms with E-state index in [1.54, 1.807) is 11.1 Å². The van der Waals surface area contributed by atoms with E-state index in [0.29, 0.717) is 13.0 Å². The van der Waals surface area contributed by atoms with Crippen LogP contribution < -0.4 is 4.90 Å². The zero-order valence-corrected chi connectivity index (χ0v) is 10.8. The SMILES string of the molecule is C#CC1CC(=O)N(c2ccc(C)c3ncccc23)C1. The maximum atomic E-state index is 12.1. The van der Waals surface area contributed by atoms with Gasteiger partial charge in [0.2, 0.25) is 5.91 Å². The maximum Gasteiger partial charge on any atom is 0.228 e. The van der Waals surface area contributed by atoms with E-state index in [1.807, 2.05) is 31.2 Å². The summed E-state index contributed by atoms with van der Waals surface area (Å²) >= 11 is 0. The first-order valence-electron chi connectivity index (χ1n) is 6.31. The summed E-state index contributed by atoms with van der Waals surface area (Å²) in [6.07, 6.45) is 7.64. The molecule has 2 aromatic rings. The molecular formula is C16H14N2O. The van der Waals surface area contributed by atoms with E-state index in [-0.39, 0.29) is 11.8 Å². The van der Waals surface area contributed by atoms with E-state index < -0.39 is 0 Å². The molecule has 0 aliphatic carbocycles. The Balaban J connectivity index is 2.14. The lowest BCUT2D eigenvalue weighted by Crippen LogP contribution is -2.24. The van der Waals surface area contributed by atoms with Crippen molar-refractivity contribution in [3.8, 4) is 12.3 Å². The molecule has 0 spiro atoms. The molecule has 0 bridgehead atoms. The Morgan fingerprint density at radius 2 is 2.26 bits per heavy atom. The summed E-state index contributed by atoms with van der Waals surface area (Å²) in [5.41, 5.74) is 2.97. The lowest BCUT2D eigenvalue weighted by molar-refractivity contribution is -0.117. The minimum Gasteiger partial charge on any atom is -0.310 e. The Hall–Kier alpha value is -2.34. The number of amides is 1. The number of nitrogens with zero attached hydrogens (tertiary/aromatic N) is 2. The molecule has 1 amide bonds. The van der Waals surface area contributed by atoms with Gasteiger partial charge < -0.3 is 4.90 Å². The predicted molar refractivity (Wildman–Crippen MR) is 75.8 cm³/mol. The molecule has 1 aliphatic rings. The Morgan fingerprint density at radius 3 is 3.00 bits per heavy atom. The molecular weight excluding hydrogens is 236 g/mol. The molecule has 94 valence electrons. The van der Waals surface area contributed by atoms with Gasteiger partial charge in [0, 0.05) is 30.5 Å². The lowest BCUT2D eigenvalue weighted by atomic mass is 10.1. The summed E-state index contributed by atoms with van der Waals surface area (Å²) in [4.78, 5) is 18.3. The van der Waals surface area contributed by atoms with Crippen molar-refractivity contribution in [2.24, 2.45) is 5.92 Å². The standard InChI is InChI=1S/C16H14N2O/c1-3-12-9-15(19)18(10-12)14-7-6-11(2)16-13(14)5-4-8-17-16/h1,4-8,12H,9-10H2,2H3. The molecule has 1 aliphatic heterocycles. The van der Waals surface area contributed by atoms with E-state index in [4.69, 9.17) is 6.42 Å². The summed E-state index contributed by atoms with van der Waals surface area (Å²) in [6.45, 7) is 2.62. The monoisotopic (exact) mass is 250 g/mol. The zero-order valence-electron chi connectivity index (χ0n) is 10.8. The van der Waals surface area contributed by atoms with Gasteiger partial charge in [-0.3, -0.25) is 9.78 Å². The molecule has 0 saturated carbocycles.